The van der Waals surface area contributed by atoms with Crippen molar-refractivity contribution in [3.8, 4) is 11.5 Å². The fourth-order valence-corrected chi connectivity index (χ4v) is 5.05. The molecule has 1 N–H and O–H groups in total. The van der Waals surface area contributed by atoms with Gasteiger partial charge in [0.15, 0.2) is 5.78 Å². The van der Waals surface area contributed by atoms with Gasteiger partial charge in [-0.3, -0.25) is 4.79 Å². The third-order valence-electron chi connectivity index (χ3n) is 6.57. The third-order valence-corrected chi connectivity index (χ3v) is 6.83. The first kappa shape index (κ1) is 24.9. The molecule has 2 aromatic rings. The summed E-state index contributed by atoms with van der Waals surface area (Å²) in [6, 6.07) is 13.0. The molecule has 4 rings (SSSR count). The van der Waals surface area contributed by atoms with Gasteiger partial charge in [0.1, 0.15) is 11.5 Å². The molecule has 6 nitrogen and oxygen atoms in total. The first-order valence-corrected chi connectivity index (χ1v) is 12.1. The fourth-order valence-electron chi connectivity index (χ4n) is 4.93. The van der Waals surface area contributed by atoms with Gasteiger partial charge in [-0.1, -0.05) is 30.7 Å². The number of hydrogen-bond donors (Lipinski definition) is 1. The number of dihydropyridines is 1. The number of esters is 1. The van der Waals surface area contributed by atoms with E-state index in [1.54, 1.807) is 26.4 Å². The summed E-state index contributed by atoms with van der Waals surface area (Å²) in [5, 5.41) is 4.03. The highest BCUT2D eigenvalue weighted by molar-refractivity contribution is 6.30. The molecule has 1 heterocycles. The molecular formula is C28H30ClNO5. The van der Waals surface area contributed by atoms with Crippen LogP contribution in [0.25, 0.3) is 0 Å². The van der Waals surface area contributed by atoms with Crippen LogP contribution in [0, 0.1) is 0 Å². The second-order valence-corrected chi connectivity index (χ2v) is 9.25. The number of ketones is 1. The van der Waals surface area contributed by atoms with Gasteiger partial charge in [-0.25, -0.2) is 4.79 Å². The van der Waals surface area contributed by atoms with Gasteiger partial charge in [-0.2, -0.15) is 0 Å². The number of benzene rings is 2. The number of halogens is 1. The number of nitrogens with one attached hydrogen (secondary N) is 1. The van der Waals surface area contributed by atoms with Gasteiger partial charge in [0, 0.05) is 34.0 Å². The van der Waals surface area contributed by atoms with Gasteiger partial charge in [0.2, 0.25) is 0 Å². The van der Waals surface area contributed by atoms with E-state index < -0.39 is 11.9 Å². The molecule has 2 aliphatic rings. The Balaban J connectivity index is 1.84. The smallest absolute Gasteiger partial charge is 0.336 e. The number of allylic oxidation sites excluding steroid dienone is 3. The van der Waals surface area contributed by atoms with Crippen molar-refractivity contribution in [1.82, 2.24) is 5.32 Å². The monoisotopic (exact) mass is 495 g/mol. The summed E-state index contributed by atoms with van der Waals surface area (Å²) in [5.41, 5.74) is 4.24. The van der Waals surface area contributed by atoms with Crippen molar-refractivity contribution in [3.05, 3.63) is 81.2 Å². The van der Waals surface area contributed by atoms with Crippen LogP contribution in [0.2, 0.25) is 5.02 Å². The van der Waals surface area contributed by atoms with E-state index in [1.165, 1.54) is 0 Å². The van der Waals surface area contributed by atoms with E-state index in [1.807, 2.05) is 44.2 Å². The van der Waals surface area contributed by atoms with Crippen molar-refractivity contribution in [2.45, 2.75) is 44.9 Å². The maximum Gasteiger partial charge on any atom is 0.336 e. The third kappa shape index (κ3) is 4.94. The Bertz CT molecular complexity index is 1200. The quantitative estimate of drug-likeness (QED) is 0.499. The van der Waals surface area contributed by atoms with E-state index in [4.69, 9.17) is 25.8 Å². The molecule has 184 valence electrons. The van der Waals surface area contributed by atoms with Gasteiger partial charge in [0.05, 0.1) is 32.3 Å². The Morgan fingerprint density at radius 3 is 2.49 bits per heavy atom. The van der Waals surface area contributed by atoms with Gasteiger partial charge < -0.3 is 19.5 Å². The van der Waals surface area contributed by atoms with E-state index in [0.29, 0.717) is 64.8 Å². The van der Waals surface area contributed by atoms with Crippen LogP contribution in [0.3, 0.4) is 0 Å². The molecule has 0 saturated carbocycles. The van der Waals surface area contributed by atoms with Crippen LogP contribution in [-0.2, 0) is 14.3 Å². The van der Waals surface area contributed by atoms with Gasteiger partial charge in [-0.15, -0.1) is 0 Å². The summed E-state index contributed by atoms with van der Waals surface area (Å²) in [4.78, 5) is 27.0. The normalized spacial score (nSPS) is 19.7. The minimum atomic E-state index is -0.626. The van der Waals surface area contributed by atoms with E-state index >= 15 is 0 Å². The zero-order valence-corrected chi connectivity index (χ0v) is 21.2. The Hall–Kier alpha value is -3.25. The summed E-state index contributed by atoms with van der Waals surface area (Å²) < 4.78 is 16.7. The highest BCUT2D eigenvalue weighted by atomic mass is 35.5. The Kier molecular flexibility index (Phi) is 7.51. The second-order valence-electron chi connectivity index (χ2n) is 8.81. The number of carbonyl (C=O) groups excluding carboxylic acids is 2. The molecule has 0 unspecified atom stereocenters. The van der Waals surface area contributed by atoms with Crippen molar-refractivity contribution in [1.29, 1.82) is 0 Å². The van der Waals surface area contributed by atoms with Crippen LogP contribution in [0.4, 0.5) is 0 Å². The number of ether oxygens (including phenoxy) is 3. The molecular weight excluding hydrogens is 466 g/mol. The van der Waals surface area contributed by atoms with Gasteiger partial charge in [-0.05, 0) is 61.6 Å². The number of carbonyl (C=O) groups is 2. The first-order valence-electron chi connectivity index (χ1n) is 11.8. The van der Waals surface area contributed by atoms with Crippen LogP contribution in [-0.4, -0.2) is 32.6 Å². The average molecular weight is 496 g/mol. The van der Waals surface area contributed by atoms with Crippen molar-refractivity contribution in [3.63, 3.8) is 0 Å². The molecule has 0 saturated heterocycles. The number of Topliss-reactive ketones (excluding diaryl/α,β-unsaturated/α-hetero) is 1. The maximum absolute atomic E-state index is 13.7. The highest BCUT2D eigenvalue weighted by Gasteiger charge is 2.42. The summed E-state index contributed by atoms with van der Waals surface area (Å²) in [6.07, 6.45) is 1.68. The zero-order chi connectivity index (χ0) is 25.1. The highest BCUT2D eigenvalue weighted by Crippen LogP contribution is 2.48. The molecule has 7 heteroatoms. The Labute approximate surface area is 210 Å². The van der Waals surface area contributed by atoms with Crippen molar-refractivity contribution < 1.29 is 23.8 Å². The van der Waals surface area contributed by atoms with Crippen molar-refractivity contribution in [2.75, 3.05) is 20.8 Å². The largest absolute Gasteiger partial charge is 0.497 e. The molecule has 35 heavy (non-hydrogen) atoms. The lowest BCUT2D eigenvalue weighted by Crippen LogP contribution is -2.36. The Morgan fingerprint density at radius 2 is 1.83 bits per heavy atom. The summed E-state index contributed by atoms with van der Waals surface area (Å²) >= 11 is 6.07. The molecule has 2 atom stereocenters. The minimum Gasteiger partial charge on any atom is -0.497 e. The number of hydrogen-bond acceptors (Lipinski definition) is 6. The topological polar surface area (TPSA) is 73.9 Å². The van der Waals surface area contributed by atoms with Gasteiger partial charge >= 0.3 is 5.97 Å². The lowest BCUT2D eigenvalue weighted by atomic mass is 9.71. The van der Waals surface area contributed by atoms with Crippen LogP contribution in [0.1, 0.15) is 56.1 Å². The fraction of sp³-hybridized carbons (Fsp3) is 0.357. The predicted molar refractivity (Wildman–Crippen MR) is 135 cm³/mol. The molecule has 0 amide bonds. The maximum atomic E-state index is 13.7. The zero-order valence-electron chi connectivity index (χ0n) is 20.4. The van der Waals surface area contributed by atoms with E-state index in [0.717, 1.165) is 11.3 Å². The van der Waals surface area contributed by atoms with E-state index in [9.17, 15) is 9.59 Å². The van der Waals surface area contributed by atoms with E-state index in [2.05, 4.69) is 5.32 Å². The minimum absolute atomic E-state index is 0.0122. The molecule has 1 aliphatic heterocycles. The van der Waals surface area contributed by atoms with Crippen molar-refractivity contribution in [2.24, 2.45) is 0 Å². The Morgan fingerprint density at radius 1 is 1.09 bits per heavy atom. The number of rotatable bonds is 7. The molecule has 0 spiro atoms. The summed E-state index contributed by atoms with van der Waals surface area (Å²) in [6.45, 7) is 4.09. The molecule has 0 aromatic heterocycles. The average Bonchev–Trinajstić information content (AvgIpc) is 2.86. The lowest BCUT2D eigenvalue weighted by Gasteiger charge is -2.37. The predicted octanol–water partition coefficient (Wildman–Crippen LogP) is 5.67. The molecule has 1 aliphatic carbocycles. The molecule has 0 bridgehead atoms. The standard InChI is InChI=1S/C28H30ClNO5/c1-5-12-35-28(32)25-16(2)30-22-13-18(17-6-8-19(29)9-7-17)14-23(31)27(22)26(25)21-15-20(33-3)10-11-24(21)34-4/h6-11,15,18,26,30H,5,12-14H2,1-4H3/t18-,26+/m1/s1. The summed E-state index contributed by atoms with van der Waals surface area (Å²) in [5.74, 6) is 0.126. The first-order chi connectivity index (χ1) is 16.9. The van der Waals surface area contributed by atoms with Crippen LogP contribution >= 0.6 is 11.6 Å². The lowest BCUT2D eigenvalue weighted by molar-refractivity contribution is -0.139. The van der Waals surface area contributed by atoms with Crippen LogP contribution in [0.15, 0.2) is 65.0 Å². The molecule has 2 aromatic carbocycles. The number of methoxy groups -OCH3 is 2. The second kappa shape index (κ2) is 10.6. The van der Waals surface area contributed by atoms with Crippen molar-refractivity contribution >= 4 is 23.4 Å². The SMILES string of the molecule is CCCOC(=O)C1=C(C)NC2=C(C(=O)C[C@H](c3ccc(Cl)cc3)C2)[C@H]1c1cc(OC)ccc1OC. The van der Waals surface area contributed by atoms with Crippen LogP contribution in [0.5, 0.6) is 11.5 Å². The molecule has 0 fully saturated rings. The molecule has 0 radical (unpaired) electrons. The van der Waals surface area contributed by atoms with Gasteiger partial charge in [0.25, 0.3) is 0 Å². The summed E-state index contributed by atoms with van der Waals surface area (Å²) in [7, 11) is 3.16. The van der Waals surface area contributed by atoms with Crippen LogP contribution < -0.4 is 14.8 Å². The van der Waals surface area contributed by atoms with E-state index in [-0.39, 0.29) is 11.7 Å².